The summed E-state index contributed by atoms with van der Waals surface area (Å²) < 4.78 is 37.2. The molecule has 0 amide bonds. The first-order chi connectivity index (χ1) is 14.2. The zero-order valence-corrected chi connectivity index (χ0v) is 22.3. The van der Waals surface area contributed by atoms with Crippen molar-refractivity contribution < 1.29 is 12.8 Å². The Hall–Kier alpha value is -0.940. The van der Waals surface area contributed by atoms with Gasteiger partial charge >= 0.3 is 0 Å². The molecule has 1 unspecified atom stereocenters. The van der Waals surface area contributed by atoms with Gasteiger partial charge in [-0.3, -0.25) is 4.90 Å². The van der Waals surface area contributed by atoms with Crippen molar-refractivity contribution in [3.05, 3.63) is 35.1 Å². The number of hydrogen-bond acceptors (Lipinski definition) is 4. The summed E-state index contributed by atoms with van der Waals surface area (Å²) in [6.07, 6.45) is 4.81. The molecule has 1 aromatic carbocycles. The highest BCUT2D eigenvalue weighted by molar-refractivity contribution is 14.0. The van der Waals surface area contributed by atoms with Gasteiger partial charge in [-0.15, -0.1) is 24.0 Å². The van der Waals surface area contributed by atoms with Crippen LogP contribution in [-0.4, -0.2) is 57.8 Å². The van der Waals surface area contributed by atoms with Crippen LogP contribution in [0.2, 0.25) is 0 Å². The average molecular weight is 569 g/mol. The molecule has 0 saturated carbocycles. The van der Waals surface area contributed by atoms with Crippen molar-refractivity contribution in [1.82, 2.24) is 15.5 Å². The second kappa shape index (κ2) is 13.6. The molecule has 1 aliphatic rings. The molecule has 2 N–H and O–H groups in total. The van der Waals surface area contributed by atoms with E-state index < -0.39 is 9.84 Å². The van der Waals surface area contributed by atoms with Gasteiger partial charge in [0.15, 0.2) is 15.8 Å². The number of guanidine groups is 1. The molecular weight excluding hydrogens is 530 g/mol. The summed E-state index contributed by atoms with van der Waals surface area (Å²) in [6, 6.07) is 4.66. The van der Waals surface area contributed by atoms with Crippen molar-refractivity contribution in [1.29, 1.82) is 0 Å². The van der Waals surface area contributed by atoms with Crippen molar-refractivity contribution in [2.45, 2.75) is 58.4 Å². The molecule has 1 saturated heterocycles. The lowest BCUT2D eigenvalue weighted by Crippen LogP contribution is -2.47. The molecule has 6 nitrogen and oxygen atoms in total. The molecule has 0 spiro atoms. The number of rotatable bonds is 10. The van der Waals surface area contributed by atoms with Gasteiger partial charge in [0.1, 0.15) is 5.82 Å². The Balaban J connectivity index is 0.00000480. The predicted molar refractivity (Wildman–Crippen MR) is 137 cm³/mol. The first-order valence-corrected chi connectivity index (χ1v) is 12.9. The Bertz CT molecular complexity index is 812. The summed E-state index contributed by atoms with van der Waals surface area (Å²) in [6.45, 7) is 10.5. The number of benzene rings is 1. The average Bonchev–Trinajstić information content (AvgIpc) is 3.18. The lowest BCUT2D eigenvalue weighted by Gasteiger charge is -2.29. The lowest BCUT2D eigenvalue weighted by molar-refractivity contribution is 0.213. The van der Waals surface area contributed by atoms with E-state index in [9.17, 15) is 12.8 Å². The molecule has 1 fully saturated rings. The number of sulfone groups is 1. The largest absolute Gasteiger partial charge is 0.357 e. The van der Waals surface area contributed by atoms with E-state index in [2.05, 4.69) is 34.4 Å². The fourth-order valence-corrected chi connectivity index (χ4v) is 4.74. The number of nitrogens with zero attached hydrogens (tertiary/aromatic N) is 2. The highest BCUT2D eigenvalue weighted by atomic mass is 127. The topological polar surface area (TPSA) is 73.8 Å². The van der Waals surface area contributed by atoms with Crippen LogP contribution in [0.5, 0.6) is 0 Å². The fourth-order valence-electron chi connectivity index (χ4n) is 3.90. The molecule has 1 atom stereocenters. The third-order valence-electron chi connectivity index (χ3n) is 5.24. The summed E-state index contributed by atoms with van der Waals surface area (Å²) in [7, 11) is -3.21. The maximum atomic E-state index is 13.8. The number of aliphatic imine (C=N–C) groups is 1. The van der Waals surface area contributed by atoms with Crippen LogP contribution in [0.15, 0.2) is 23.2 Å². The van der Waals surface area contributed by atoms with E-state index in [1.807, 2.05) is 6.92 Å². The smallest absolute Gasteiger partial charge is 0.191 e. The monoisotopic (exact) mass is 568 g/mol. The van der Waals surface area contributed by atoms with E-state index in [0.29, 0.717) is 35.6 Å². The summed E-state index contributed by atoms with van der Waals surface area (Å²) in [5, 5.41) is 6.68. The van der Waals surface area contributed by atoms with Crippen molar-refractivity contribution >= 4 is 39.8 Å². The van der Waals surface area contributed by atoms with Crippen LogP contribution in [0.3, 0.4) is 0 Å². The van der Waals surface area contributed by atoms with Gasteiger partial charge < -0.3 is 10.6 Å². The van der Waals surface area contributed by atoms with E-state index in [4.69, 9.17) is 0 Å². The van der Waals surface area contributed by atoms with Crippen LogP contribution in [0.1, 0.15) is 51.2 Å². The predicted octanol–water partition coefficient (Wildman–Crippen LogP) is 3.55. The Morgan fingerprint density at radius 2 is 1.87 bits per heavy atom. The van der Waals surface area contributed by atoms with Gasteiger partial charge in [-0.05, 0) is 68.5 Å². The van der Waals surface area contributed by atoms with Crippen LogP contribution < -0.4 is 10.6 Å². The molecule has 0 bridgehead atoms. The van der Waals surface area contributed by atoms with E-state index in [1.54, 1.807) is 0 Å². The Labute approximate surface area is 204 Å². The van der Waals surface area contributed by atoms with Gasteiger partial charge in [-0.2, -0.15) is 0 Å². The Morgan fingerprint density at radius 1 is 1.19 bits per heavy atom. The van der Waals surface area contributed by atoms with Crippen molar-refractivity contribution in [2.24, 2.45) is 10.9 Å². The lowest BCUT2D eigenvalue weighted by atomic mass is 10.0. The van der Waals surface area contributed by atoms with E-state index >= 15 is 0 Å². The first kappa shape index (κ1) is 28.1. The van der Waals surface area contributed by atoms with Gasteiger partial charge in [0.2, 0.25) is 0 Å². The Morgan fingerprint density at radius 3 is 2.45 bits per heavy atom. The van der Waals surface area contributed by atoms with E-state index in [0.717, 1.165) is 26.1 Å². The minimum absolute atomic E-state index is 0. The molecule has 1 aliphatic heterocycles. The van der Waals surface area contributed by atoms with E-state index in [1.165, 1.54) is 37.3 Å². The quantitative estimate of drug-likeness (QED) is 0.257. The molecule has 31 heavy (non-hydrogen) atoms. The van der Waals surface area contributed by atoms with Gasteiger partial charge in [0, 0.05) is 25.4 Å². The van der Waals surface area contributed by atoms with Gasteiger partial charge in [0.25, 0.3) is 0 Å². The molecule has 9 heteroatoms. The molecular formula is C22H38FIN4O2S. The number of halogens is 2. The van der Waals surface area contributed by atoms with Gasteiger partial charge in [0.05, 0.1) is 12.3 Å². The standard InChI is InChI=1S/C22H37FN4O2S.HI/c1-5-24-22(26-15-21(12-17(2)3)27-10-6-7-11-27)25-14-19-13-20(23)9-8-18(19)16-30(4,28)29;/h8-9,13,17,21H,5-7,10-12,14-16H2,1-4H3,(H2,24,25,26);1H. The zero-order chi connectivity index (χ0) is 22.1. The summed E-state index contributed by atoms with van der Waals surface area (Å²) >= 11 is 0. The van der Waals surface area contributed by atoms with Crippen LogP contribution in [-0.2, 0) is 22.1 Å². The Kier molecular flexibility index (Phi) is 12.3. The molecule has 2 rings (SSSR count). The summed E-state index contributed by atoms with van der Waals surface area (Å²) in [5.74, 6) is 0.775. The summed E-state index contributed by atoms with van der Waals surface area (Å²) in [5.41, 5.74) is 1.18. The van der Waals surface area contributed by atoms with Crippen molar-refractivity contribution in [3.8, 4) is 0 Å². The van der Waals surface area contributed by atoms with Crippen LogP contribution in [0.25, 0.3) is 0 Å². The van der Waals surface area contributed by atoms with Crippen molar-refractivity contribution in [2.75, 3.05) is 32.4 Å². The highest BCUT2D eigenvalue weighted by Gasteiger charge is 2.23. The fraction of sp³-hybridized carbons (Fsp3) is 0.682. The zero-order valence-electron chi connectivity index (χ0n) is 19.2. The molecule has 178 valence electrons. The van der Waals surface area contributed by atoms with Crippen molar-refractivity contribution in [3.63, 3.8) is 0 Å². The number of likely N-dealkylation sites (tertiary alicyclic amines) is 1. The maximum Gasteiger partial charge on any atom is 0.191 e. The third-order valence-corrected chi connectivity index (χ3v) is 6.08. The number of hydrogen-bond donors (Lipinski definition) is 2. The normalized spacial score (nSPS) is 16.3. The van der Waals surface area contributed by atoms with Gasteiger partial charge in [-0.1, -0.05) is 19.9 Å². The molecule has 0 aromatic heterocycles. The molecule has 1 heterocycles. The maximum absolute atomic E-state index is 13.8. The van der Waals surface area contributed by atoms with Gasteiger partial charge in [-0.25, -0.2) is 17.8 Å². The van der Waals surface area contributed by atoms with Crippen LogP contribution in [0, 0.1) is 11.7 Å². The second-order valence-corrected chi connectivity index (χ2v) is 10.7. The first-order valence-electron chi connectivity index (χ1n) is 10.9. The third kappa shape index (κ3) is 10.5. The minimum Gasteiger partial charge on any atom is -0.357 e. The SMILES string of the molecule is CCNC(=NCc1cc(F)ccc1CS(C)(=O)=O)NCC(CC(C)C)N1CCCC1.I. The second-order valence-electron chi connectivity index (χ2n) is 8.59. The van der Waals surface area contributed by atoms with Crippen LogP contribution in [0.4, 0.5) is 4.39 Å². The number of nitrogens with one attached hydrogen (secondary N) is 2. The molecule has 0 radical (unpaired) electrons. The summed E-state index contributed by atoms with van der Waals surface area (Å²) in [4.78, 5) is 7.16. The highest BCUT2D eigenvalue weighted by Crippen LogP contribution is 2.18. The van der Waals surface area contributed by atoms with Crippen LogP contribution >= 0.6 is 24.0 Å². The van der Waals surface area contributed by atoms with E-state index in [-0.39, 0.29) is 42.1 Å². The minimum atomic E-state index is -3.21. The molecule has 0 aliphatic carbocycles. The molecule has 1 aromatic rings.